The Balaban J connectivity index is 1.72. The Morgan fingerprint density at radius 1 is 1.14 bits per heavy atom. The Kier molecular flexibility index (Phi) is 4.63. The first kappa shape index (κ1) is 18.2. The van der Waals surface area contributed by atoms with Crippen LogP contribution in [0.3, 0.4) is 0 Å². The van der Waals surface area contributed by atoms with Gasteiger partial charge in [0.05, 0.1) is 17.1 Å². The first-order valence-corrected chi connectivity index (χ1v) is 9.64. The van der Waals surface area contributed by atoms with Crippen LogP contribution in [-0.4, -0.2) is 26.9 Å². The van der Waals surface area contributed by atoms with Crippen LogP contribution in [-0.2, 0) is 6.54 Å². The molecule has 0 bridgehead atoms. The van der Waals surface area contributed by atoms with E-state index in [2.05, 4.69) is 29.2 Å². The van der Waals surface area contributed by atoms with Crippen molar-refractivity contribution in [2.45, 2.75) is 39.3 Å². The van der Waals surface area contributed by atoms with Gasteiger partial charge < -0.3 is 14.5 Å². The standard InChI is InChI=1S/C22H23N3O3/c1-3-24-19-11-10-16(13-17(19)23-20(26)22(24)28)21(27)25-12-4-5-18(25)15-8-6-14(2)7-9-15/h6-11,13,18H,3-5,12H2,1-2H3,(H,23,26). The molecule has 28 heavy (non-hydrogen) atoms. The van der Waals surface area contributed by atoms with Crippen molar-refractivity contribution in [1.82, 2.24) is 14.5 Å². The van der Waals surface area contributed by atoms with Crippen LogP contribution in [0.2, 0.25) is 0 Å². The highest BCUT2D eigenvalue weighted by molar-refractivity contribution is 5.97. The first-order chi connectivity index (χ1) is 13.5. The van der Waals surface area contributed by atoms with E-state index in [1.807, 2.05) is 18.7 Å². The van der Waals surface area contributed by atoms with Crippen molar-refractivity contribution in [1.29, 1.82) is 0 Å². The molecule has 0 saturated carbocycles. The Morgan fingerprint density at radius 3 is 2.61 bits per heavy atom. The molecular weight excluding hydrogens is 354 g/mol. The lowest BCUT2D eigenvalue weighted by Gasteiger charge is -2.25. The number of hydrogen-bond acceptors (Lipinski definition) is 3. The summed E-state index contributed by atoms with van der Waals surface area (Å²) >= 11 is 0. The van der Waals surface area contributed by atoms with Crippen molar-refractivity contribution in [3.63, 3.8) is 0 Å². The molecule has 1 aromatic heterocycles. The number of fused-ring (bicyclic) bond motifs is 1. The van der Waals surface area contributed by atoms with Crippen molar-refractivity contribution in [2.24, 2.45) is 0 Å². The number of aromatic nitrogens is 2. The van der Waals surface area contributed by atoms with Gasteiger partial charge in [0.15, 0.2) is 0 Å². The van der Waals surface area contributed by atoms with Crippen LogP contribution in [0.4, 0.5) is 0 Å². The number of nitrogens with one attached hydrogen (secondary N) is 1. The smallest absolute Gasteiger partial charge is 0.316 e. The van der Waals surface area contributed by atoms with Crippen LogP contribution < -0.4 is 11.1 Å². The second kappa shape index (κ2) is 7.11. The molecule has 1 aliphatic heterocycles. The SMILES string of the molecule is CCn1c(=O)c(=O)[nH]c2cc(C(=O)N3CCCC3c3ccc(C)cc3)ccc21. The molecule has 1 aliphatic rings. The highest BCUT2D eigenvalue weighted by Gasteiger charge is 2.30. The molecular formula is C22H23N3O3. The van der Waals surface area contributed by atoms with Crippen molar-refractivity contribution in [2.75, 3.05) is 6.54 Å². The van der Waals surface area contributed by atoms with Crippen LogP contribution in [0.25, 0.3) is 11.0 Å². The van der Waals surface area contributed by atoms with Crippen LogP contribution in [0.5, 0.6) is 0 Å². The molecule has 0 radical (unpaired) electrons. The zero-order valence-corrected chi connectivity index (χ0v) is 16.1. The van der Waals surface area contributed by atoms with Gasteiger partial charge in [-0.05, 0) is 50.5 Å². The van der Waals surface area contributed by atoms with Crippen molar-refractivity contribution >= 4 is 16.9 Å². The Hall–Kier alpha value is -3.15. The van der Waals surface area contributed by atoms with Crippen LogP contribution >= 0.6 is 0 Å². The number of H-pyrrole nitrogens is 1. The Bertz CT molecular complexity index is 1160. The van der Waals surface area contributed by atoms with Crippen molar-refractivity contribution < 1.29 is 4.79 Å². The maximum atomic E-state index is 13.2. The van der Waals surface area contributed by atoms with Crippen LogP contribution in [0, 0.1) is 6.92 Å². The minimum absolute atomic E-state index is 0.0555. The van der Waals surface area contributed by atoms with Gasteiger partial charge in [0, 0.05) is 18.7 Å². The fourth-order valence-electron chi connectivity index (χ4n) is 4.04. The molecule has 0 aliphatic carbocycles. The third-order valence-corrected chi connectivity index (χ3v) is 5.51. The molecule has 1 saturated heterocycles. The number of likely N-dealkylation sites (tertiary alicyclic amines) is 1. The molecule has 6 nitrogen and oxygen atoms in total. The van der Waals surface area contributed by atoms with Crippen molar-refractivity contribution in [3.8, 4) is 0 Å². The lowest BCUT2D eigenvalue weighted by Crippen LogP contribution is -2.36. The van der Waals surface area contributed by atoms with E-state index in [0.717, 1.165) is 18.4 Å². The highest BCUT2D eigenvalue weighted by atomic mass is 16.2. The van der Waals surface area contributed by atoms with Gasteiger partial charge in [-0.15, -0.1) is 0 Å². The molecule has 2 aromatic carbocycles. The zero-order chi connectivity index (χ0) is 19.8. The summed E-state index contributed by atoms with van der Waals surface area (Å²) in [5, 5.41) is 0. The number of aryl methyl sites for hydroxylation is 2. The summed E-state index contributed by atoms with van der Waals surface area (Å²) in [4.78, 5) is 41.7. The van der Waals surface area contributed by atoms with Gasteiger partial charge in [-0.2, -0.15) is 0 Å². The number of hydrogen-bond donors (Lipinski definition) is 1. The fraction of sp³-hybridized carbons (Fsp3) is 0.318. The van der Waals surface area contributed by atoms with E-state index < -0.39 is 11.1 Å². The summed E-state index contributed by atoms with van der Waals surface area (Å²) in [6.45, 7) is 4.97. The normalized spacial score (nSPS) is 16.6. The lowest BCUT2D eigenvalue weighted by atomic mass is 10.0. The number of aromatic amines is 1. The topological polar surface area (TPSA) is 75.2 Å². The minimum Gasteiger partial charge on any atom is -0.332 e. The molecule has 0 spiro atoms. The summed E-state index contributed by atoms with van der Waals surface area (Å²) < 4.78 is 1.42. The number of nitrogens with zero attached hydrogens (tertiary/aromatic N) is 2. The van der Waals surface area contributed by atoms with E-state index in [1.165, 1.54) is 10.1 Å². The van der Waals surface area contributed by atoms with Gasteiger partial charge >= 0.3 is 11.1 Å². The number of amides is 1. The van der Waals surface area contributed by atoms with Crippen molar-refractivity contribution in [3.05, 3.63) is 79.9 Å². The molecule has 6 heteroatoms. The Morgan fingerprint density at radius 2 is 1.89 bits per heavy atom. The molecule has 144 valence electrons. The monoisotopic (exact) mass is 377 g/mol. The van der Waals surface area contributed by atoms with Gasteiger partial charge in [-0.25, -0.2) is 0 Å². The maximum Gasteiger partial charge on any atom is 0.316 e. The van der Waals surface area contributed by atoms with Gasteiger partial charge in [-0.3, -0.25) is 14.4 Å². The summed E-state index contributed by atoms with van der Waals surface area (Å²) in [6.07, 6.45) is 1.90. The van der Waals surface area contributed by atoms with Gasteiger partial charge in [0.2, 0.25) is 0 Å². The minimum atomic E-state index is -0.669. The number of carbonyl (C=O) groups excluding carboxylic acids is 1. The number of benzene rings is 2. The summed E-state index contributed by atoms with van der Waals surface area (Å²) in [6, 6.07) is 13.5. The summed E-state index contributed by atoms with van der Waals surface area (Å²) in [5.74, 6) is -0.0555. The van der Waals surface area contributed by atoms with E-state index in [4.69, 9.17) is 0 Å². The zero-order valence-electron chi connectivity index (χ0n) is 16.1. The Labute approximate surface area is 162 Å². The molecule has 1 N–H and O–H groups in total. The maximum absolute atomic E-state index is 13.2. The fourth-order valence-corrected chi connectivity index (χ4v) is 4.04. The van der Waals surface area contributed by atoms with E-state index >= 15 is 0 Å². The molecule has 4 rings (SSSR count). The third kappa shape index (κ3) is 3.05. The number of rotatable bonds is 3. The van der Waals surface area contributed by atoms with Gasteiger partial charge in [-0.1, -0.05) is 29.8 Å². The van der Waals surface area contributed by atoms with Crippen LogP contribution in [0.15, 0.2) is 52.1 Å². The quantitative estimate of drug-likeness (QED) is 0.713. The average Bonchev–Trinajstić information content (AvgIpc) is 3.18. The van der Waals surface area contributed by atoms with Crippen LogP contribution in [0.1, 0.15) is 47.3 Å². The average molecular weight is 377 g/mol. The van der Waals surface area contributed by atoms with Gasteiger partial charge in [0.1, 0.15) is 0 Å². The highest BCUT2D eigenvalue weighted by Crippen LogP contribution is 2.33. The summed E-state index contributed by atoms with van der Waals surface area (Å²) in [5.41, 5.74) is 2.74. The van der Waals surface area contributed by atoms with E-state index in [9.17, 15) is 14.4 Å². The lowest BCUT2D eigenvalue weighted by molar-refractivity contribution is 0.0736. The number of carbonyl (C=O) groups is 1. The molecule has 1 atom stereocenters. The molecule has 1 amide bonds. The van der Waals surface area contributed by atoms with E-state index in [-0.39, 0.29) is 11.9 Å². The third-order valence-electron chi connectivity index (χ3n) is 5.51. The van der Waals surface area contributed by atoms with E-state index in [0.29, 0.717) is 29.7 Å². The molecule has 2 heterocycles. The predicted octanol–water partition coefficient (Wildman–Crippen LogP) is 3.00. The molecule has 1 unspecified atom stereocenters. The predicted molar refractivity (Wildman–Crippen MR) is 109 cm³/mol. The molecule has 3 aromatic rings. The second-order valence-electron chi connectivity index (χ2n) is 7.30. The largest absolute Gasteiger partial charge is 0.332 e. The molecule has 1 fully saturated rings. The van der Waals surface area contributed by atoms with E-state index in [1.54, 1.807) is 18.2 Å². The van der Waals surface area contributed by atoms with Gasteiger partial charge in [0.25, 0.3) is 5.91 Å². The second-order valence-corrected chi connectivity index (χ2v) is 7.30. The first-order valence-electron chi connectivity index (χ1n) is 9.64. The summed E-state index contributed by atoms with van der Waals surface area (Å²) in [7, 11) is 0.